The molecule has 6 heteroatoms. The number of unbranched alkanes of at least 4 members (excludes halogenated alkanes) is 54. The maximum atomic E-state index is 12.6. The summed E-state index contributed by atoms with van der Waals surface area (Å²) < 4.78 is 5.50. The molecule has 0 aliphatic heterocycles. The maximum Gasteiger partial charge on any atom is 0.305 e. The maximum absolute atomic E-state index is 12.6. The van der Waals surface area contributed by atoms with Crippen molar-refractivity contribution in [3.05, 3.63) is 24.3 Å². The van der Waals surface area contributed by atoms with E-state index in [2.05, 4.69) is 43.5 Å². The lowest BCUT2D eigenvalue weighted by Gasteiger charge is -2.22. The molecule has 2 atom stereocenters. The van der Waals surface area contributed by atoms with E-state index < -0.39 is 12.1 Å². The summed E-state index contributed by atoms with van der Waals surface area (Å²) in [6.45, 7) is 4.98. The molecule has 0 rings (SSSR count). The molecule has 3 N–H and O–H groups in total. The van der Waals surface area contributed by atoms with Crippen molar-refractivity contribution in [3.63, 3.8) is 0 Å². The molecule has 0 aliphatic rings. The van der Waals surface area contributed by atoms with Crippen LogP contribution in [0.3, 0.4) is 0 Å². The van der Waals surface area contributed by atoms with Gasteiger partial charge < -0.3 is 20.3 Å². The molecule has 0 bridgehead atoms. The van der Waals surface area contributed by atoms with E-state index in [9.17, 15) is 19.8 Å². The van der Waals surface area contributed by atoms with Gasteiger partial charge in [-0.3, -0.25) is 9.59 Å². The monoisotopic (exact) mass is 1130 g/mol. The van der Waals surface area contributed by atoms with Crippen LogP contribution in [0.2, 0.25) is 0 Å². The number of hydrogen-bond donors (Lipinski definition) is 3. The minimum atomic E-state index is -0.672. The standard InChI is InChI=1S/C74H143NO5/c1-3-5-7-9-11-13-15-17-19-21-23-24-25-26-27-28-31-34-38-42-46-50-54-58-62-66-72(77)71(70-76)75-73(78)67-63-59-55-51-47-43-39-35-32-29-30-33-37-41-45-49-53-57-61-65-69-80-74(79)68-64-60-56-52-48-44-40-36-22-20-18-16-14-12-10-8-6-4-2/h20,22,29,32,71-72,76-77H,3-19,21,23-28,30-31,33-70H2,1-2H3,(H,75,78)/b22-20-,32-29-. The first kappa shape index (κ1) is 78.3. The van der Waals surface area contributed by atoms with Crippen LogP contribution in [0.1, 0.15) is 412 Å². The van der Waals surface area contributed by atoms with Gasteiger partial charge >= 0.3 is 5.97 Å². The number of ether oxygens (including phenoxy) is 1. The predicted molar refractivity (Wildman–Crippen MR) is 352 cm³/mol. The highest BCUT2D eigenvalue weighted by Crippen LogP contribution is 2.19. The molecule has 0 heterocycles. The number of carbonyl (C=O) groups excluding carboxylic acids is 2. The van der Waals surface area contributed by atoms with Crippen molar-refractivity contribution < 1.29 is 24.5 Å². The van der Waals surface area contributed by atoms with Gasteiger partial charge in [-0.25, -0.2) is 0 Å². The third-order valence-electron chi connectivity index (χ3n) is 17.2. The van der Waals surface area contributed by atoms with E-state index in [1.807, 2.05) is 0 Å². The van der Waals surface area contributed by atoms with Crippen molar-refractivity contribution in [2.24, 2.45) is 0 Å². The molecule has 0 saturated heterocycles. The number of allylic oxidation sites excluding steroid dienone is 4. The minimum Gasteiger partial charge on any atom is -0.466 e. The van der Waals surface area contributed by atoms with Crippen molar-refractivity contribution in [1.82, 2.24) is 5.32 Å². The number of amides is 1. The molecule has 0 aromatic carbocycles. The summed E-state index contributed by atoms with van der Waals surface area (Å²) in [6, 6.07) is -0.550. The number of nitrogens with one attached hydrogen (secondary N) is 1. The van der Waals surface area contributed by atoms with Gasteiger partial charge in [0.15, 0.2) is 0 Å². The summed E-state index contributed by atoms with van der Waals surface area (Å²) in [4.78, 5) is 24.7. The van der Waals surface area contributed by atoms with Gasteiger partial charge in [-0.05, 0) is 77.0 Å². The van der Waals surface area contributed by atoms with Crippen LogP contribution in [0.15, 0.2) is 24.3 Å². The van der Waals surface area contributed by atoms with E-state index in [4.69, 9.17) is 4.74 Å². The Balaban J connectivity index is 3.41. The highest BCUT2D eigenvalue weighted by Gasteiger charge is 2.20. The molecule has 0 radical (unpaired) electrons. The first-order chi connectivity index (χ1) is 39.5. The predicted octanol–water partition coefficient (Wildman–Crippen LogP) is 23.7. The van der Waals surface area contributed by atoms with Crippen molar-refractivity contribution in [2.75, 3.05) is 13.2 Å². The number of aliphatic hydroxyl groups excluding tert-OH is 2. The van der Waals surface area contributed by atoms with Gasteiger partial charge in [-0.15, -0.1) is 0 Å². The Labute approximate surface area is 501 Å². The molecule has 0 spiro atoms. The zero-order valence-electron chi connectivity index (χ0n) is 54.3. The van der Waals surface area contributed by atoms with Gasteiger partial charge in [0.25, 0.3) is 0 Å². The summed E-state index contributed by atoms with van der Waals surface area (Å²) >= 11 is 0. The van der Waals surface area contributed by atoms with Gasteiger partial charge in [-0.1, -0.05) is 346 Å². The fourth-order valence-electron chi connectivity index (χ4n) is 11.6. The number of carbonyl (C=O) groups is 2. The number of rotatable bonds is 69. The third kappa shape index (κ3) is 65.5. The van der Waals surface area contributed by atoms with Gasteiger partial charge in [0, 0.05) is 12.8 Å². The van der Waals surface area contributed by atoms with Crippen LogP contribution in [-0.4, -0.2) is 47.4 Å². The molecule has 6 nitrogen and oxygen atoms in total. The van der Waals surface area contributed by atoms with E-state index in [-0.39, 0.29) is 18.5 Å². The second-order valence-corrected chi connectivity index (χ2v) is 25.3. The van der Waals surface area contributed by atoms with Gasteiger partial charge in [0.1, 0.15) is 0 Å². The highest BCUT2D eigenvalue weighted by atomic mass is 16.5. The molecular formula is C74H143NO5. The largest absolute Gasteiger partial charge is 0.466 e. The molecule has 474 valence electrons. The SMILES string of the molecule is CCCCCCCCC/C=C\CCCCCCCCCC(=O)OCCCCCCCCCCC/C=C\CCCCCCCCCC(=O)NC(CO)C(O)CCCCCCCCCCCCCCCCCCCCCCCCCCC. The zero-order chi connectivity index (χ0) is 57.8. The van der Waals surface area contributed by atoms with Gasteiger partial charge in [-0.2, -0.15) is 0 Å². The zero-order valence-corrected chi connectivity index (χ0v) is 54.3. The molecule has 1 amide bonds. The average molecular weight is 1130 g/mol. The number of esters is 1. The Morgan fingerprint density at radius 2 is 0.588 bits per heavy atom. The van der Waals surface area contributed by atoms with Crippen LogP contribution in [-0.2, 0) is 14.3 Å². The van der Waals surface area contributed by atoms with Crippen LogP contribution in [0.5, 0.6) is 0 Å². The van der Waals surface area contributed by atoms with Gasteiger partial charge in [0.05, 0.1) is 25.4 Å². The molecule has 0 aromatic rings. The Kier molecular flexibility index (Phi) is 68.4. The van der Waals surface area contributed by atoms with E-state index in [0.29, 0.717) is 25.9 Å². The topological polar surface area (TPSA) is 95.9 Å². The van der Waals surface area contributed by atoms with Crippen molar-refractivity contribution >= 4 is 11.9 Å². The van der Waals surface area contributed by atoms with Crippen LogP contribution < -0.4 is 5.32 Å². The smallest absolute Gasteiger partial charge is 0.305 e. The summed E-state index contributed by atoms with van der Waals surface area (Å²) in [6.07, 6.45) is 88.0. The molecule has 80 heavy (non-hydrogen) atoms. The molecular weight excluding hydrogens is 983 g/mol. The Hall–Kier alpha value is -1.66. The molecule has 0 saturated carbocycles. The van der Waals surface area contributed by atoms with Crippen molar-refractivity contribution in [3.8, 4) is 0 Å². The summed E-state index contributed by atoms with van der Waals surface area (Å²) in [5.74, 6) is -0.0342. The van der Waals surface area contributed by atoms with Crippen LogP contribution in [0.25, 0.3) is 0 Å². The van der Waals surface area contributed by atoms with E-state index in [1.165, 1.54) is 334 Å². The number of hydrogen-bond acceptors (Lipinski definition) is 5. The fraction of sp³-hybridized carbons (Fsp3) is 0.919. The molecule has 0 fully saturated rings. The van der Waals surface area contributed by atoms with Gasteiger partial charge in [0.2, 0.25) is 5.91 Å². The molecule has 0 aliphatic carbocycles. The average Bonchev–Trinajstić information content (AvgIpc) is 3.46. The van der Waals surface area contributed by atoms with Crippen LogP contribution in [0.4, 0.5) is 0 Å². The lowest BCUT2D eigenvalue weighted by Crippen LogP contribution is -2.45. The third-order valence-corrected chi connectivity index (χ3v) is 17.2. The van der Waals surface area contributed by atoms with Crippen molar-refractivity contribution in [1.29, 1.82) is 0 Å². The van der Waals surface area contributed by atoms with E-state index in [0.717, 1.165) is 44.9 Å². The van der Waals surface area contributed by atoms with Crippen molar-refractivity contribution in [2.45, 2.75) is 424 Å². The summed E-state index contributed by atoms with van der Waals surface area (Å²) in [7, 11) is 0. The first-order valence-corrected chi connectivity index (χ1v) is 36.6. The molecule has 0 aromatic heterocycles. The van der Waals surface area contributed by atoms with E-state index in [1.54, 1.807) is 0 Å². The number of aliphatic hydroxyl groups is 2. The lowest BCUT2D eigenvalue weighted by molar-refractivity contribution is -0.143. The summed E-state index contributed by atoms with van der Waals surface area (Å²) in [5, 5.41) is 23.4. The first-order valence-electron chi connectivity index (χ1n) is 36.6. The van der Waals surface area contributed by atoms with E-state index >= 15 is 0 Å². The second kappa shape index (κ2) is 69.8. The van der Waals surface area contributed by atoms with Crippen LogP contribution in [0, 0.1) is 0 Å². The molecule has 2 unspecified atom stereocenters. The Morgan fingerprint density at radius 3 is 0.887 bits per heavy atom. The Bertz CT molecular complexity index is 1250. The lowest BCUT2D eigenvalue weighted by atomic mass is 10.0. The minimum absolute atomic E-state index is 0.00459. The Morgan fingerprint density at radius 1 is 0.338 bits per heavy atom. The quantitative estimate of drug-likeness (QED) is 0.0320. The second-order valence-electron chi connectivity index (χ2n) is 25.3. The fourth-order valence-corrected chi connectivity index (χ4v) is 11.6. The van der Waals surface area contributed by atoms with Crippen LogP contribution >= 0.6 is 0 Å². The normalized spacial score (nSPS) is 12.6. The highest BCUT2D eigenvalue weighted by molar-refractivity contribution is 5.76. The summed E-state index contributed by atoms with van der Waals surface area (Å²) in [5.41, 5.74) is 0.